The summed E-state index contributed by atoms with van der Waals surface area (Å²) in [4.78, 5) is 18.0. The minimum Gasteiger partial charge on any atom is -0.336 e. The van der Waals surface area contributed by atoms with E-state index in [0.29, 0.717) is 26.2 Å². The Bertz CT molecular complexity index is 543. The smallest absolute Gasteiger partial charge is 0.257 e. The van der Waals surface area contributed by atoms with E-state index in [1.165, 1.54) is 4.90 Å². The molecule has 122 valence electrons. The van der Waals surface area contributed by atoms with E-state index in [2.05, 4.69) is 9.80 Å². The van der Waals surface area contributed by atoms with Crippen LogP contribution in [0.4, 0.5) is 13.2 Å². The molecule has 0 radical (unpaired) electrons. The molecule has 1 aromatic carbocycles. The van der Waals surface area contributed by atoms with Crippen molar-refractivity contribution in [3.63, 3.8) is 0 Å². The fraction of sp³-hybridized carbons (Fsp3) is 0.533. The fourth-order valence-corrected chi connectivity index (χ4v) is 2.38. The van der Waals surface area contributed by atoms with Crippen LogP contribution < -0.4 is 0 Å². The predicted molar refractivity (Wildman–Crippen MR) is 77.2 cm³/mol. The van der Waals surface area contributed by atoms with Crippen molar-refractivity contribution in [1.82, 2.24) is 14.7 Å². The summed E-state index contributed by atoms with van der Waals surface area (Å²) < 4.78 is 39.8. The summed E-state index contributed by atoms with van der Waals surface area (Å²) in [6, 6.07) is 1.77. The van der Waals surface area contributed by atoms with Crippen LogP contribution in [-0.4, -0.2) is 74.0 Å². The van der Waals surface area contributed by atoms with Crippen molar-refractivity contribution in [3.05, 3.63) is 35.1 Å². The van der Waals surface area contributed by atoms with Gasteiger partial charge in [-0.25, -0.2) is 13.2 Å². The Balaban J connectivity index is 1.97. The summed E-state index contributed by atoms with van der Waals surface area (Å²) in [5, 5.41) is 0. The van der Waals surface area contributed by atoms with Crippen molar-refractivity contribution in [2.75, 3.05) is 53.4 Å². The molecule has 1 saturated heterocycles. The monoisotopic (exact) mass is 315 g/mol. The number of rotatable bonds is 4. The van der Waals surface area contributed by atoms with Crippen LogP contribution in [0.3, 0.4) is 0 Å². The molecule has 1 amide bonds. The van der Waals surface area contributed by atoms with Crippen molar-refractivity contribution in [1.29, 1.82) is 0 Å². The summed E-state index contributed by atoms with van der Waals surface area (Å²) in [5.74, 6) is -4.90. The molecule has 4 nitrogen and oxygen atoms in total. The second-order valence-corrected chi connectivity index (χ2v) is 5.66. The first kappa shape index (κ1) is 16.8. The van der Waals surface area contributed by atoms with Gasteiger partial charge >= 0.3 is 0 Å². The Kier molecular flexibility index (Phi) is 5.42. The number of halogens is 3. The SMILES string of the molecule is CN(C)CCN1CCN(C(=O)c2ccc(F)c(F)c2F)CC1. The van der Waals surface area contributed by atoms with Crippen molar-refractivity contribution in [2.45, 2.75) is 0 Å². The standard InChI is InChI=1S/C15H20F3N3O/c1-19(2)5-6-20-7-9-21(10-8-20)15(22)11-3-4-12(16)14(18)13(11)17/h3-4H,5-10H2,1-2H3. The van der Waals surface area contributed by atoms with E-state index in [0.717, 1.165) is 25.2 Å². The summed E-state index contributed by atoms with van der Waals surface area (Å²) in [5.41, 5.74) is -0.416. The van der Waals surface area contributed by atoms with E-state index in [4.69, 9.17) is 0 Å². The molecule has 0 aromatic heterocycles. The van der Waals surface area contributed by atoms with Crippen LogP contribution in [0.5, 0.6) is 0 Å². The highest BCUT2D eigenvalue weighted by Gasteiger charge is 2.26. The Morgan fingerprint density at radius 2 is 1.73 bits per heavy atom. The van der Waals surface area contributed by atoms with Gasteiger partial charge in [-0.05, 0) is 26.2 Å². The molecule has 1 fully saturated rings. The lowest BCUT2D eigenvalue weighted by Gasteiger charge is -2.35. The zero-order valence-electron chi connectivity index (χ0n) is 12.8. The number of likely N-dealkylation sites (N-methyl/N-ethyl adjacent to an activating group) is 1. The van der Waals surface area contributed by atoms with Gasteiger partial charge in [-0.15, -0.1) is 0 Å². The van der Waals surface area contributed by atoms with Gasteiger partial charge in [0.2, 0.25) is 0 Å². The molecule has 1 aliphatic rings. The van der Waals surface area contributed by atoms with E-state index in [9.17, 15) is 18.0 Å². The molecule has 1 heterocycles. The number of carbonyl (C=O) groups is 1. The quantitative estimate of drug-likeness (QED) is 0.787. The minimum atomic E-state index is -1.60. The van der Waals surface area contributed by atoms with Gasteiger partial charge < -0.3 is 9.80 Å². The maximum Gasteiger partial charge on any atom is 0.257 e. The van der Waals surface area contributed by atoms with Crippen molar-refractivity contribution in [2.24, 2.45) is 0 Å². The highest BCUT2D eigenvalue weighted by Crippen LogP contribution is 2.17. The molecule has 0 aliphatic carbocycles. The fourth-order valence-electron chi connectivity index (χ4n) is 2.38. The third kappa shape index (κ3) is 3.78. The maximum atomic E-state index is 13.7. The Hall–Kier alpha value is -1.60. The van der Waals surface area contributed by atoms with Crippen LogP contribution in [0.2, 0.25) is 0 Å². The molecule has 0 saturated carbocycles. The van der Waals surface area contributed by atoms with Gasteiger partial charge in [0.25, 0.3) is 5.91 Å². The molecular weight excluding hydrogens is 295 g/mol. The maximum absolute atomic E-state index is 13.7. The van der Waals surface area contributed by atoms with Crippen molar-refractivity contribution >= 4 is 5.91 Å². The number of hydrogen-bond acceptors (Lipinski definition) is 3. The van der Waals surface area contributed by atoms with E-state index >= 15 is 0 Å². The third-order valence-corrected chi connectivity index (χ3v) is 3.79. The summed E-state index contributed by atoms with van der Waals surface area (Å²) in [7, 11) is 3.98. The lowest BCUT2D eigenvalue weighted by Crippen LogP contribution is -2.50. The first-order valence-corrected chi connectivity index (χ1v) is 7.20. The molecule has 7 heteroatoms. The van der Waals surface area contributed by atoms with Gasteiger partial charge in [-0.2, -0.15) is 0 Å². The molecule has 1 aromatic rings. The van der Waals surface area contributed by atoms with Crippen LogP contribution in [-0.2, 0) is 0 Å². The number of carbonyl (C=O) groups excluding carboxylic acids is 1. The van der Waals surface area contributed by atoms with Crippen molar-refractivity contribution < 1.29 is 18.0 Å². The van der Waals surface area contributed by atoms with E-state index < -0.39 is 28.9 Å². The molecule has 0 unspecified atom stereocenters. The van der Waals surface area contributed by atoms with E-state index in [1.807, 2.05) is 14.1 Å². The van der Waals surface area contributed by atoms with Gasteiger partial charge in [0.1, 0.15) is 0 Å². The van der Waals surface area contributed by atoms with Crippen LogP contribution in [0, 0.1) is 17.5 Å². The Morgan fingerprint density at radius 3 is 2.32 bits per heavy atom. The predicted octanol–water partition coefficient (Wildman–Crippen LogP) is 1.42. The average Bonchev–Trinajstić information content (AvgIpc) is 2.51. The van der Waals surface area contributed by atoms with Gasteiger partial charge in [0.15, 0.2) is 17.5 Å². The zero-order valence-corrected chi connectivity index (χ0v) is 12.8. The Labute approximate surface area is 128 Å². The van der Waals surface area contributed by atoms with Gasteiger partial charge in [-0.1, -0.05) is 0 Å². The van der Waals surface area contributed by atoms with Gasteiger partial charge in [0, 0.05) is 39.3 Å². The lowest BCUT2D eigenvalue weighted by molar-refractivity contribution is 0.0624. The molecule has 0 spiro atoms. The first-order chi connectivity index (χ1) is 10.4. The number of nitrogens with zero attached hydrogens (tertiary/aromatic N) is 3. The second-order valence-electron chi connectivity index (χ2n) is 5.66. The molecule has 22 heavy (non-hydrogen) atoms. The number of benzene rings is 1. The molecule has 0 N–H and O–H groups in total. The van der Waals surface area contributed by atoms with Crippen molar-refractivity contribution in [3.8, 4) is 0 Å². The summed E-state index contributed by atoms with van der Waals surface area (Å²) in [6.07, 6.45) is 0. The zero-order chi connectivity index (χ0) is 16.3. The largest absolute Gasteiger partial charge is 0.336 e. The third-order valence-electron chi connectivity index (χ3n) is 3.79. The molecular formula is C15H20F3N3O. The topological polar surface area (TPSA) is 26.8 Å². The van der Waals surface area contributed by atoms with Crippen LogP contribution >= 0.6 is 0 Å². The van der Waals surface area contributed by atoms with Gasteiger partial charge in [-0.3, -0.25) is 9.69 Å². The average molecular weight is 315 g/mol. The van der Waals surface area contributed by atoms with Crippen LogP contribution in [0.15, 0.2) is 12.1 Å². The second kappa shape index (κ2) is 7.11. The molecule has 0 bridgehead atoms. The Morgan fingerprint density at radius 1 is 1.09 bits per heavy atom. The minimum absolute atomic E-state index is 0.416. The number of hydrogen-bond donors (Lipinski definition) is 0. The number of amides is 1. The first-order valence-electron chi connectivity index (χ1n) is 7.20. The highest BCUT2D eigenvalue weighted by molar-refractivity contribution is 5.94. The van der Waals surface area contributed by atoms with Crippen LogP contribution in [0.25, 0.3) is 0 Å². The molecule has 2 rings (SSSR count). The van der Waals surface area contributed by atoms with E-state index in [-0.39, 0.29) is 0 Å². The number of piperazine rings is 1. The lowest BCUT2D eigenvalue weighted by atomic mass is 10.1. The molecule has 0 atom stereocenters. The van der Waals surface area contributed by atoms with Crippen LogP contribution in [0.1, 0.15) is 10.4 Å². The van der Waals surface area contributed by atoms with E-state index in [1.54, 1.807) is 0 Å². The van der Waals surface area contributed by atoms with Gasteiger partial charge in [0.05, 0.1) is 5.56 Å². The summed E-state index contributed by atoms with van der Waals surface area (Å²) in [6.45, 7) is 4.09. The highest BCUT2D eigenvalue weighted by atomic mass is 19.2. The molecule has 1 aliphatic heterocycles. The summed E-state index contributed by atoms with van der Waals surface area (Å²) >= 11 is 0. The normalized spacial score (nSPS) is 16.4.